The van der Waals surface area contributed by atoms with Crippen LogP contribution >= 0.6 is 0 Å². The van der Waals surface area contributed by atoms with E-state index in [0.717, 1.165) is 5.56 Å². The monoisotopic (exact) mass is 439 g/mol. The van der Waals surface area contributed by atoms with Gasteiger partial charge >= 0.3 is 0 Å². The van der Waals surface area contributed by atoms with Gasteiger partial charge in [-0.05, 0) is 55.5 Å². The highest BCUT2D eigenvalue weighted by Crippen LogP contribution is 2.16. The molecule has 31 heavy (non-hydrogen) atoms. The molecular formula is C22H21N3O5S. The van der Waals surface area contributed by atoms with Crippen molar-refractivity contribution in [1.82, 2.24) is 10.9 Å². The molecule has 0 saturated heterocycles. The Labute approximate surface area is 180 Å². The maximum Gasteiger partial charge on any atom is 0.276 e. The summed E-state index contributed by atoms with van der Waals surface area (Å²) in [6.07, 6.45) is 0. The van der Waals surface area contributed by atoms with Crippen molar-refractivity contribution >= 4 is 27.5 Å². The minimum absolute atomic E-state index is 0.132. The molecule has 2 amide bonds. The van der Waals surface area contributed by atoms with E-state index in [0.29, 0.717) is 11.4 Å². The van der Waals surface area contributed by atoms with Gasteiger partial charge in [0.25, 0.3) is 21.8 Å². The molecule has 3 N–H and O–H groups in total. The fourth-order valence-electron chi connectivity index (χ4n) is 2.52. The van der Waals surface area contributed by atoms with E-state index in [9.17, 15) is 18.0 Å². The van der Waals surface area contributed by atoms with E-state index < -0.39 is 21.8 Å². The van der Waals surface area contributed by atoms with Crippen LogP contribution in [0.2, 0.25) is 0 Å². The van der Waals surface area contributed by atoms with Crippen LogP contribution in [-0.2, 0) is 14.8 Å². The Bertz CT molecular complexity index is 1150. The topological polar surface area (TPSA) is 114 Å². The van der Waals surface area contributed by atoms with Gasteiger partial charge in [0, 0.05) is 11.3 Å². The van der Waals surface area contributed by atoms with Crippen molar-refractivity contribution in [1.29, 1.82) is 0 Å². The van der Waals surface area contributed by atoms with Crippen molar-refractivity contribution in [3.8, 4) is 5.75 Å². The number of carbonyl (C=O) groups is 2. The standard InChI is InChI=1S/C22H21N3O5S/c1-16-7-13-19(14-8-16)30-15-21(26)23-24-22(27)17-9-11-18(12-10-17)25-31(28,29)20-5-3-2-4-6-20/h2-14,25H,15H2,1H3,(H,23,26)(H,24,27). The number of sulfonamides is 1. The average Bonchev–Trinajstić information content (AvgIpc) is 2.78. The van der Waals surface area contributed by atoms with E-state index in [1.807, 2.05) is 19.1 Å². The highest BCUT2D eigenvalue weighted by atomic mass is 32.2. The van der Waals surface area contributed by atoms with Crippen LogP contribution < -0.4 is 20.3 Å². The molecule has 0 bridgehead atoms. The molecule has 3 aromatic rings. The Balaban J connectivity index is 1.49. The first-order valence-corrected chi connectivity index (χ1v) is 10.8. The molecule has 0 fully saturated rings. The number of aryl methyl sites for hydroxylation is 1. The summed E-state index contributed by atoms with van der Waals surface area (Å²) in [5, 5.41) is 0. The van der Waals surface area contributed by atoms with Gasteiger partial charge in [-0.2, -0.15) is 0 Å². The number of hydrazine groups is 1. The van der Waals surface area contributed by atoms with Gasteiger partial charge in [-0.3, -0.25) is 25.2 Å². The Morgan fingerprint density at radius 1 is 0.839 bits per heavy atom. The van der Waals surface area contributed by atoms with Crippen molar-refractivity contribution in [3.63, 3.8) is 0 Å². The quantitative estimate of drug-likeness (QED) is 0.490. The van der Waals surface area contributed by atoms with Crippen LogP contribution in [0.5, 0.6) is 5.75 Å². The number of amides is 2. The van der Waals surface area contributed by atoms with Crippen LogP contribution in [0, 0.1) is 6.92 Å². The SMILES string of the molecule is Cc1ccc(OCC(=O)NNC(=O)c2ccc(NS(=O)(=O)c3ccccc3)cc2)cc1. The van der Waals surface area contributed by atoms with Gasteiger partial charge in [-0.15, -0.1) is 0 Å². The highest BCUT2D eigenvalue weighted by Gasteiger charge is 2.14. The molecular weight excluding hydrogens is 418 g/mol. The molecule has 0 radical (unpaired) electrons. The van der Waals surface area contributed by atoms with Crippen LogP contribution in [0.3, 0.4) is 0 Å². The van der Waals surface area contributed by atoms with Crippen LogP contribution in [-0.4, -0.2) is 26.8 Å². The summed E-state index contributed by atoms with van der Waals surface area (Å²) in [7, 11) is -3.72. The van der Waals surface area contributed by atoms with Crippen LogP contribution in [0.25, 0.3) is 0 Å². The van der Waals surface area contributed by atoms with Gasteiger partial charge in [0.15, 0.2) is 6.61 Å². The van der Waals surface area contributed by atoms with E-state index in [1.165, 1.54) is 36.4 Å². The Hall–Kier alpha value is -3.85. The Kier molecular flexibility index (Phi) is 6.88. The Morgan fingerprint density at radius 2 is 1.48 bits per heavy atom. The molecule has 0 atom stereocenters. The lowest BCUT2D eigenvalue weighted by molar-refractivity contribution is -0.123. The normalized spacial score (nSPS) is 10.7. The third kappa shape index (κ3) is 6.31. The molecule has 3 aromatic carbocycles. The number of hydrogen-bond donors (Lipinski definition) is 3. The number of carbonyl (C=O) groups excluding carboxylic acids is 2. The lowest BCUT2D eigenvalue weighted by Crippen LogP contribution is -2.43. The van der Waals surface area contributed by atoms with Crippen molar-refractivity contribution < 1.29 is 22.7 Å². The largest absolute Gasteiger partial charge is 0.484 e. The van der Waals surface area contributed by atoms with Crippen LogP contribution in [0.1, 0.15) is 15.9 Å². The number of nitrogens with one attached hydrogen (secondary N) is 3. The lowest BCUT2D eigenvalue weighted by atomic mass is 10.2. The molecule has 3 rings (SSSR count). The second kappa shape index (κ2) is 9.77. The predicted octanol–water partition coefficient (Wildman–Crippen LogP) is 2.64. The average molecular weight is 439 g/mol. The zero-order chi connectivity index (χ0) is 22.3. The highest BCUT2D eigenvalue weighted by molar-refractivity contribution is 7.92. The molecule has 0 saturated carbocycles. The lowest BCUT2D eigenvalue weighted by Gasteiger charge is -2.10. The zero-order valence-electron chi connectivity index (χ0n) is 16.7. The predicted molar refractivity (Wildman–Crippen MR) is 116 cm³/mol. The number of anilines is 1. The number of benzene rings is 3. The van der Waals surface area contributed by atoms with Gasteiger partial charge in [-0.25, -0.2) is 8.42 Å². The molecule has 0 aromatic heterocycles. The van der Waals surface area contributed by atoms with Gasteiger partial charge in [0.1, 0.15) is 5.75 Å². The third-order valence-electron chi connectivity index (χ3n) is 4.16. The number of rotatable bonds is 7. The summed E-state index contributed by atoms with van der Waals surface area (Å²) >= 11 is 0. The summed E-state index contributed by atoms with van der Waals surface area (Å²) in [6, 6.07) is 20.9. The number of ether oxygens (including phenoxy) is 1. The maximum atomic E-state index is 12.3. The van der Waals surface area contributed by atoms with Gasteiger partial charge in [0.05, 0.1) is 4.90 Å². The van der Waals surface area contributed by atoms with E-state index in [-0.39, 0.29) is 17.1 Å². The molecule has 9 heteroatoms. The fraction of sp³-hybridized carbons (Fsp3) is 0.0909. The molecule has 0 aliphatic rings. The molecule has 0 heterocycles. The summed E-state index contributed by atoms with van der Waals surface area (Å²) in [5.41, 5.74) is 6.15. The van der Waals surface area contributed by atoms with Crippen LogP contribution in [0.15, 0.2) is 83.8 Å². The van der Waals surface area contributed by atoms with Crippen molar-refractivity contribution in [3.05, 3.63) is 90.0 Å². The van der Waals surface area contributed by atoms with E-state index in [4.69, 9.17) is 4.74 Å². The second-order valence-electron chi connectivity index (χ2n) is 6.60. The molecule has 0 aliphatic heterocycles. The molecule has 0 aliphatic carbocycles. The summed E-state index contributed by atoms with van der Waals surface area (Å²) in [6.45, 7) is 1.68. The van der Waals surface area contributed by atoms with Gasteiger partial charge in [0.2, 0.25) is 0 Å². The fourth-order valence-corrected chi connectivity index (χ4v) is 3.60. The molecule has 0 unspecified atom stereocenters. The molecule has 8 nitrogen and oxygen atoms in total. The first kappa shape index (κ1) is 21.8. The van der Waals surface area contributed by atoms with Crippen molar-refractivity contribution in [2.24, 2.45) is 0 Å². The minimum atomic E-state index is -3.72. The second-order valence-corrected chi connectivity index (χ2v) is 8.28. The first-order chi connectivity index (χ1) is 14.8. The van der Waals surface area contributed by atoms with Gasteiger partial charge < -0.3 is 4.74 Å². The smallest absolute Gasteiger partial charge is 0.276 e. The Morgan fingerprint density at radius 3 is 2.13 bits per heavy atom. The summed E-state index contributed by atoms with van der Waals surface area (Å²) < 4.78 is 32.4. The summed E-state index contributed by atoms with van der Waals surface area (Å²) in [5.74, 6) is -0.539. The van der Waals surface area contributed by atoms with E-state index in [2.05, 4.69) is 15.6 Å². The van der Waals surface area contributed by atoms with E-state index >= 15 is 0 Å². The number of hydrogen-bond acceptors (Lipinski definition) is 5. The van der Waals surface area contributed by atoms with Crippen molar-refractivity contribution in [2.75, 3.05) is 11.3 Å². The molecule has 160 valence electrons. The first-order valence-electron chi connectivity index (χ1n) is 9.30. The zero-order valence-corrected chi connectivity index (χ0v) is 17.5. The third-order valence-corrected chi connectivity index (χ3v) is 5.56. The summed E-state index contributed by atoms with van der Waals surface area (Å²) in [4.78, 5) is 24.1. The minimum Gasteiger partial charge on any atom is -0.484 e. The van der Waals surface area contributed by atoms with Crippen molar-refractivity contribution in [2.45, 2.75) is 11.8 Å². The maximum absolute atomic E-state index is 12.3. The van der Waals surface area contributed by atoms with Crippen LogP contribution in [0.4, 0.5) is 5.69 Å². The molecule has 0 spiro atoms. The van der Waals surface area contributed by atoms with Gasteiger partial charge in [-0.1, -0.05) is 35.9 Å². The van der Waals surface area contributed by atoms with E-state index in [1.54, 1.807) is 30.3 Å².